The van der Waals surface area contributed by atoms with E-state index in [4.69, 9.17) is 0 Å². The van der Waals surface area contributed by atoms with Crippen LogP contribution in [0.1, 0.15) is 11.1 Å². The maximum atomic E-state index is 3.11. The van der Waals surface area contributed by atoms with Crippen molar-refractivity contribution < 1.29 is 47.8 Å². The van der Waals surface area contributed by atoms with E-state index in [0.717, 1.165) is 23.0 Å². The van der Waals surface area contributed by atoms with Crippen LogP contribution in [-0.4, -0.2) is 6.94 Å². The summed E-state index contributed by atoms with van der Waals surface area (Å²) in [6.45, 7) is 7.36. The van der Waals surface area contributed by atoms with Crippen LogP contribution in [-0.2, 0) is 23.0 Å². The summed E-state index contributed by atoms with van der Waals surface area (Å²) < 4.78 is 0. The molecule has 0 aliphatic carbocycles. The Morgan fingerprint density at radius 2 is 1.00 bits per heavy atom. The van der Waals surface area contributed by atoms with Gasteiger partial charge in [0.05, 0.1) is 0 Å². The van der Waals surface area contributed by atoms with Crippen molar-refractivity contribution in [2.45, 2.75) is 13.8 Å². The summed E-state index contributed by atoms with van der Waals surface area (Å²) in [4.78, 5) is 0. The first-order valence-electron chi connectivity index (χ1n) is 7.21. The van der Waals surface area contributed by atoms with E-state index in [0.29, 0.717) is 0 Å². The summed E-state index contributed by atoms with van der Waals surface area (Å²) in [5.41, 5.74) is 2.70. The van der Waals surface area contributed by atoms with Gasteiger partial charge in [-0.2, -0.15) is 12.1 Å². The third-order valence-electron chi connectivity index (χ3n) is 3.52. The summed E-state index contributed by atoms with van der Waals surface area (Å²) in [6.07, 6.45) is 0. The molecule has 0 unspecified atom stereocenters. The molecule has 0 fully saturated rings. The first-order valence-corrected chi connectivity index (χ1v) is 13.1. The predicted molar refractivity (Wildman–Crippen MR) is 94.3 cm³/mol. The van der Waals surface area contributed by atoms with E-state index >= 15 is 0 Å². The molecular formula is C20H18Cl2HfSi-2. The van der Waals surface area contributed by atoms with Gasteiger partial charge in [-0.05, 0) is 0 Å². The van der Waals surface area contributed by atoms with E-state index in [1.165, 1.54) is 32.7 Å². The van der Waals surface area contributed by atoms with Crippen LogP contribution in [0.2, 0.25) is 0 Å². The minimum atomic E-state index is 0. The zero-order valence-corrected chi connectivity index (χ0v) is 19.8. The van der Waals surface area contributed by atoms with E-state index < -0.39 is 0 Å². The average molecular weight is 536 g/mol. The van der Waals surface area contributed by atoms with Crippen LogP contribution in [0.5, 0.6) is 0 Å². The van der Waals surface area contributed by atoms with Crippen molar-refractivity contribution in [1.82, 2.24) is 0 Å². The number of halogens is 2. The molecule has 0 amide bonds. The molecule has 0 nitrogen and oxygen atoms in total. The van der Waals surface area contributed by atoms with Crippen molar-refractivity contribution in [3.05, 3.63) is 83.9 Å². The molecule has 0 atom stereocenters. The molecule has 0 spiro atoms. The van der Waals surface area contributed by atoms with Crippen molar-refractivity contribution in [2.24, 2.45) is 0 Å². The molecule has 4 aromatic carbocycles. The van der Waals surface area contributed by atoms with Gasteiger partial charge in [-0.3, -0.25) is 0 Å². The van der Waals surface area contributed by atoms with Gasteiger partial charge in [0.2, 0.25) is 0 Å². The molecule has 24 heavy (non-hydrogen) atoms. The monoisotopic (exact) mass is 536 g/mol. The van der Waals surface area contributed by atoms with E-state index in [1.807, 2.05) is 0 Å². The SMILES string of the molecule is Cc1cc2ccccc2[cH-]1.Cc1cc2ccccc2[cH-]1.[Cl-].[Cl-].[Si]=[Hf+2]. The molecule has 0 bridgehead atoms. The second kappa shape index (κ2) is 11.8. The Hall–Kier alpha value is -0.673. The first kappa shape index (κ1) is 23.3. The second-order valence-electron chi connectivity index (χ2n) is 5.32. The second-order valence-corrected chi connectivity index (χ2v) is 5.32. The topological polar surface area (TPSA) is 0 Å². The summed E-state index contributed by atoms with van der Waals surface area (Å²) >= 11 is 1.11. The van der Waals surface area contributed by atoms with Crippen molar-refractivity contribution in [3.63, 3.8) is 0 Å². The van der Waals surface area contributed by atoms with E-state index in [2.05, 4.69) is 93.6 Å². The molecular weight excluding hydrogens is 518 g/mol. The van der Waals surface area contributed by atoms with Gasteiger partial charge in [-0.1, -0.05) is 26.0 Å². The number of hydrogen-bond acceptors (Lipinski definition) is 0. The summed E-state index contributed by atoms with van der Waals surface area (Å²) in [5.74, 6) is 0. The van der Waals surface area contributed by atoms with E-state index in [1.54, 1.807) is 0 Å². The fourth-order valence-electron chi connectivity index (χ4n) is 2.61. The van der Waals surface area contributed by atoms with E-state index in [-0.39, 0.29) is 24.8 Å². The Labute approximate surface area is 173 Å². The number of fused-ring (bicyclic) bond motifs is 2. The molecule has 2 radical (unpaired) electrons. The molecule has 4 rings (SSSR count). The Morgan fingerprint density at radius 1 is 0.667 bits per heavy atom. The standard InChI is InChI=1S/2C10H9.2ClH.Hf.Si/c2*1-8-6-9-4-2-3-5-10(9)7-8;;;;/h2*2-7H,1H3;2*1H;;/q2*-1;;;+2;/p-2. The van der Waals surface area contributed by atoms with Gasteiger partial charge in [-0.15, -0.1) is 81.2 Å². The molecule has 0 N–H and O–H groups in total. The van der Waals surface area contributed by atoms with Crippen molar-refractivity contribution in [1.29, 1.82) is 0 Å². The van der Waals surface area contributed by atoms with Crippen LogP contribution in [0.25, 0.3) is 21.5 Å². The van der Waals surface area contributed by atoms with Crippen LogP contribution in [0, 0.1) is 13.8 Å². The Kier molecular flexibility index (Phi) is 11.5. The zero-order chi connectivity index (χ0) is 15.9. The summed E-state index contributed by atoms with van der Waals surface area (Å²) in [5, 5.41) is 5.39. The van der Waals surface area contributed by atoms with Crippen LogP contribution in [0.15, 0.2) is 72.8 Å². The summed E-state index contributed by atoms with van der Waals surface area (Å²) in [6, 6.07) is 25.7. The number of benzene rings is 2. The van der Waals surface area contributed by atoms with Gasteiger partial charge < -0.3 is 24.8 Å². The molecule has 0 aromatic heterocycles. The van der Waals surface area contributed by atoms with Gasteiger partial charge >= 0.3 is 29.9 Å². The van der Waals surface area contributed by atoms with Gasteiger partial charge in [0.1, 0.15) is 0 Å². The number of aryl methyl sites for hydroxylation is 2. The normalized spacial score (nSPS) is 9.00. The molecule has 0 saturated heterocycles. The summed E-state index contributed by atoms with van der Waals surface area (Å²) in [7, 11) is 0. The Morgan fingerprint density at radius 3 is 1.33 bits per heavy atom. The fourth-order valence-corrected chi connectivity index (χ4v) is 2.61. The van der Waals surface area contributed by atoms with Crippen molar-refractivity contribution in [2.75, 3.05) is 0 Å². The number of rotatable bonds is 0. The molecule has 0 heterocycles. The third kappa shape index (κ3) is 6.32. The maximum absolute atomic E-state index is 3.11. The van der Waals surface area contributed by atoms with Gasteiger partial charge in [0.25, 0.3) is 0 Å². The number of hydrogen-bond donors (Lipinski definition) is 0. The molecule has 0 aliphatic heterocycles. The van der Waals surface area contributed by atoms with E-state index in [9.17, 15) is 0 Å². The minimum absolute atomic E-state index is 0. The fraction of sp³-hybridized carbons (Fsp3) is 0.100. The quantitative estimate of drug-likeness (QED) is 0.208. The van der Waals surface area contributed by atoms with Crippen LogP contribution in [0.3, 0.4) is 0 Å². The van der Waals surface area contributed by atoms with Gasteiger partial charge in [0, 0.05) is 0 Å². The Bertz CT molecular complexity index is 726. The molecule has 4 aromatic rings. The third-order valence-corrected chi connectivity index (χ3v) is 3.52. The van der Waals surface area contributed by atoms with Crippen molar-refractivity contribution in [3.8, 4) is 0 Å². The average Bonchev–Trinajstić information content (AvgIpc) is 3.10. The predicted octanol–water partition coefficient (Wildman–Crippen LogP) is -0.641. The molecule has 0 aliphatic rings. The van der Waals surface area contributed by atoms with Crippen molar-refractivity contribution >= 4 is 28.5 Å². The van der Waals surface area contributed by atoms with Crippen LogP contribution < -0.4 is 24.8 Å². The molecule has 4 heteroatoms. The zero-order valence-electron chi connectivity index (χ0n) is 13.7. The Balaban J connectivity index is 0.000000372. The van der Waals surface area contributed by atoms with Gasteiger partial charge in [0.15, 0.2) is 0 Å². The first-order chi connectivity index (χ1) is 10.7. The molecule has 0 saturated carbocycles. The molecule has 122 valence electrons. The van der Waals surface area contributed by atoms with Crippen LogP contribution in [0.4, 0.5) is 0 Å². The van der Waals surface area contributed by atoms with Crippen LogP contribution >= 0.6 is 0 Å². The van der Waals surface area contributed by atoms with Gasteiger partial charge in [-0.25, -0.2) is 0 Å².